The van der Waals surface area contributed by atoms with E-state index in [0.717, 1.165) is 11.1 Å². The number of carbonyl (C=O) groups excluding carboxylic acids is 1. The molecule has 0 aliphatic carbocycles. The number of nitrogens with zero attached hydrogens (tertiary/aromatic N) is 1. The highest BCUT2D eigenvalue weighted by Gasteiger charge is 2.27. The first-order valence-corrected chi connectivity index (χ1v) is 7.63. The smallest absolute Gasteiger partial charge is 0.326 e. The third-order valence-electron chi connectivity index (χ3n) is 3.69. The minimum Gasteiger partial charge on any atom is -0.480 e. The fraction of sp³-hybridized carbons (Fsp3) is 0.211. The molecule has 0 spiro atoms. The van der Waals surface area contributed by atoms with E-state index >= 15 is 0 Å². The molecule has 2 aromatic rings. The van der Waals surface area contributed by atoms with E-state index in [0.29, 0.717) is 0 Å². The number of hydrogen-bond acceptors (Lipinski definition) is 3. The molecule has 2 rings (SSSR count). The summed E-state index contributed by atoms with van der Waals surface area (Å²) in [7, 11) is 0. The molecule has 122 valence electrons. The summed E-state index contributed by atoms with van der Waals surface area (Å²) < 4.78 is 0. The number of carbonyl (C=O) groups is 2. The van der Waals surface area contributed by atoms with Gasteiger partial charge in [0.25, 0.3) is 0 Å². The quantitative estimate of drug-likeness (QED) is 0.820. The lowest BCUT2D eigenvalue weighted by molar-refractivity contribution is -0.142. The normalized spacial score (nSPS) is 11.5. The second kappa shape index (κ2) is 8.49. The summed E-state index contributed by atoms with van der Waals surface area (Å²) >= 11 is 0. The zero-order valence-electron chi connectivity index (χ0n) is 13.1. The molecule has 0 aromatic heterocycles. The highest BCUT2D eigenvalue weighted by Crippen LogP contribution is 2.25. The summed E-state index contributed by atoms with van der Waals surface area (Å²) in [6, 6.07) is 19.2. The van der Waals surface area contributed by atoms with Crippen LogP contribution in [0.25, 0.3) is 0 Å². The lowest BCUT2D eigenvalue weighted by Gasteiger charge is -2.21. The molecule has 0 saturated heterocycles. The van der Waals surface area contributed by atoms with Crippen molar-refractivity contribution in [3.8, 4) is 6.07 Å². The summed E-state index contributed by atoms with van der Waals surface area (Å²) in [5.74, 6) is -2.13. The fourth-order valence-corrected chi connectivity index (χ4v) is 2.51. The van der Waals surface area contributed by atoms with Gasteiger partial charge in [0.2, 0.25) is 5.91 Å². The molecule has 5 nitrogen and oxygen atoms in total. The van der Waals surface area contributed by atoms with Crippen LogP contribution >= 0.6 is 0 Å². The topological polar surface area (TPSA) is 90.2 Å². The van der Waals surface area contributed by atoms with Crippen molar-refractivity contribution in [3.63, 3.8) is 0 Å². The highest BCUT2D eigenvalue weighted by molar-refractivity contribution is 5.90. The molecule has 1 atom stereocenters. The van der Waals surface area contributed by atoms with Gasteiger partial charge in [0.05, 0.1) is 12.0 Å². The molecule has 0 aliphatic rings. The molecule has 0 radical (unpaired) electrons. The Kier molecular flexibility index (Phi) is 6.09. The summed E-state index contributed by atoms with van der Waals surface area (Å²) in [5.41, 5.74) is 1.57. The number of amides is 1. The van der Waals surface area contributed by atoms with E-state index in [1.165, 1.54) is 0 Å². The largest absolute Gasteiger partial charge is 0.480 e. The number of nitriles is 1. The minimum absolute atomic E-state index is 0.0680. The summed E-state index contributed by atoms with van der Waals surface area (Å²) in [4.78, 5) is 24.1. The Morgan fingerprint density at radius 3 is 1.92 bits per heavy atom. The Morgan fingerprint density at radius 1 is 1.00 bits per heavy atom. The van der Waals surface area contributed by atoms with Crippen LogP contribution < -0.4 is 5.32 Å². The lowest BCUT2D eigenvalue weighted by atomic mass is 9.90. The standard InChI is InChI=1S/C19H18N2O3/c20-13-7-12-16(19(23)24)21-18(22)17(14-8-3-1-4-9-14)15-10-5-2-6-11-15/h1-6,8-11,16-17H,7,12H2,(H,21,22)(H,23,24)/t16-/m1/s1. The first kappa shape index (κ1) is 17.2. The van der Waals surface area contributed by atoms with Crippen molar-refractivity contribution in [2.45, 2.75) is 24.8 Å². The predicted molar refractivity (Wildman–Crippen MR) is 89.1 cm³/mol. The first-order valence-electron chi connectivity index (χ1n) is 7.63. The van der Waals surface area contributed by atoms with Crippen LogP contribution in [0.4, 0.5) is 0 Å². The Balaban J connectivity index is 2.28. The van der Waals surface area contributed by atoms with E-state index in [9.17, 15) is 14.7 Å². The molecular weight excluding hydrogens is 304 g/mol. The van der Waals surface area contributed by atoms with Gasteiger partial charge >= 0.3 is 5.97 Å². The van der Waals surface area contributed by atoms with Crippen molar-refractivity contribution < 1.29 is 14.7 Å². The Labute approximate surface area is 140 Å². The van der Waals surface area contributed by atoms with Crippen LogP contribution in [0.2, 0.25) is 0 Å². The number of benzene rings is 2. The zero-order chi connectivity index (χ0) is 17.4. The Morgan fingerprint density at radius 2 is 1.50 bits per heavy atom. The van der Waals surface area contributed by atoms with Crippen molar-refractivity contribution in [2.75, 3.05) is 0 Å². The van der Waals surface area contributed by atoms with Gasteiger partial charge in [0, 0.05) is 6.42 Å². The maximum atomic E-state index is 12.8. The number of aliphatic carboxylic acids is 1. The van der Waals surface area contributed by atoms with E-state index in [1.807, 2.05) is 66.7 Å². The second-order valence-electron chi connectivity index (χ2n) is 5.35. The lowest BCUT2D eigenvalue weighted by Crippen LogP contribution is -2.43. The maximum absolute atomic E-state index is 12.8. The van der Waals surface area contributed by atoms with Gasteiger partial charge in [-0.2, -0.15) is 5.26 Å². The number of carboxylic acid groups (broad SMARTS) is 1. The molecule has 2 aromatic carbocycles. The SMILES string of the molecule is N#CCC[C@@H](NC(=O)C(c1ccccc1)c1ccccc1)C(=O)O. The van der Waals surface area contributed by atoms with E-state index in [2.05, 4.69) is 5.32 Å². The minimum atomic E-state index is -1.14. The average molecular weight is 322 g/mol. The van der Waals surface area contributed by atoms with Crippen LogP contribution in [0.15, 0.2) is 60.7 Å². The third kappa shape index (κ3) is 4.43. The Bertz CT molecular complexity index is 684. The summed E-state index contributed by atoms with van der Waals surface area (Å²) in [6.45, 7) is 0. The van der Waals surface area contributed by atoms with Crippen molar-refractivity contribution in [1.82, 2.24) is 5.32 Å². The van der Waals surface area contributed by atoms with E-state index < -0.39 is 23.8 Å². The molecule has 1 amide bonds. The van der Waals surface area contributed by atoms with Gasteiger partial charge in [-0.05, 0) is 17.5 Å². The van der Waals surface area contributed by atoms with Gasteiger partial charge in [-0.15, -0.1) is 0 Å². The molecule has 0 heterocycles. The second-order valence-corrected chi connectivity index (χ2v) is 5.35. The van der Waals surface area contributed by atoms with E-state index in [4.69, 9.17) is 5.26 Å². The van der Waals surface area contributed by atoms with Gasteiger partial charge in [-0.1, -0.05) is 60.7 Å². The van der Waals surface area contributed by atoms with Crippen LogP contribution in [-0.4, -0.2) is 23.0 Å². The van der Waals surface area contributed by atoms with Gasteiger partial charge in [0.15, 0.2) is 0 Å². The maximum Gasteiger partial charge on any atom is 0.326 e. The summed E-state index contributed by atoms with van der Waals surface area (Å²) in [5, 5.41) is 20.4. The van der Waals surface area contributed by atoms with Gasteiger partial charge in [-0.3, -0.25) is 4.79 Å². The molecular formula is C19H18N2O3. The number of hydrogen-bond donors (Lipinski definition) is 2. The van der Waals surface area contributed by atoms with Crippen molar-refractivity contribution >= 4 is 11.9 Å². The number of carboxylic acids is 1. The van der Waals surface area contributed by atoms with Crippen LogP contribution in [0.1, 0.15) is 29.9 Å². The highest BCUT2D eigenvalue weighted by atomic mass is 16.4. The van der Waals surface area contributed by atoms with E-state index in [-0.39, 0.29) is 12.8 Å². The van der Waals surface area contributed by atoms with Crippen molar-refractivity contribution in [1.29, 1.82) is 5.26 Å². The van der Waals surface area contributed by atoms with Crippen molar-refractivity contribution in [2.24, 2.45) is 0 Å². The molecule has 24 heavy (non-hydrogen) atoms. The fourth-order valence-electron chi connectivity index (χ4n) is 2.51. The molecule has 0 unspecified atom stereocenters. The Hall–Kier alpha value is -3.13. The van der Waals surface area contributed by atoms with E-state index in [1.54, 1.807) is 0 Å². The average Bonchev–Trinajstić information content (AvgIpc) is 2.60. The first-order chi connectivity index (χ1) is 11.6. The third-order valence-corrected chi connectivity index (χ3v) is 3.69. The van der Waals surface area contributed by atoms with Crippen molar-refractivity contribution in [3.05, 3.63) is 71.8 Å². The molecule has 0 bridgehead atoms. The molecule has 5 heteroatoms. The predicted octanol–water partition coefficient (Wildman–Crippen LogP) is 2.69. The molecule has 0 aliphatic heterocycles. The van der Waals surface area contributed by atoms with Crippen LogP contribution in [-0.2, 0) is 9.59 Å². The molecule has 0 fully saturated rings. The van der Waals surface area contributed by atoms with Gasteiger partial charge in [0.1, 0.15) is 6.04 Å². The number of nitrogens with one attached hydrogen (secondary N) is 1. The van der Waals surface area contributed by atoms with Gasteiger partial charge in [-0.25, -0.2) is 4.79 Å². The zero-order valence-corrected chi connectivity index (χ0v) is 13.1. The monoisotopic (exact) mass is 322 g/mol. The summed E-state index contributed by atoms with van der Waals surface area (Å²) in [6.07, 6.45) is 0.145. The van der Waals surface area contributed by atoms with Crippen LogP contribution in [0.5, 0.6) is 0 Å². The number of rotatable bonds is 7. The van der Waals surface area contributed by atoms with Crippen LogP contribution in [0.3, 0.4) is 0 Å². The van der Waals surface area contributed by atoms with Gasteiger partial charge < -0.3 is 10.4 Å². The molecule has 0 saturated carbocycles. The molecule has 2 N–H and O–H groups in total. The van der Waals surface area contributed by atoms with Crippen LogP contribution in [0, 0.1) is 11.3 Å².